The SMILES string of the molecule is C=C/C=C(\C=C)c1cc(-c2ccccc2)cc(-c2nc(-c3ccccc3)nc(-c3cc(-c4ccccc4)c(-n4c5ccccc5c5cc6c(cc54)c4ccccc4n6-c4ccccc4)c(-c4ccccc4)c3)n2)c1. The van der Waals surface area contributed by atoms with Gasteiger partial charge in [-0.2, -0.15) is 0 Å². The second-order valence-corrected chi connectivity index (χ2v) is 18.5. The van der Waals surface area contributed by atoms with Gasteiger partial charge in [-0.3, -0.25) is 0 Å². The molecule has 0 amide bonds. The predicted octanol–water partition coefficient (Wildman–Crippen LogP) is 17.8. The molecule has 0 aliphatic carbocycles. The highest BCUT2D eigenvalue weighted by atomic mass is 15.0. The Morgan fingerprint density at radius 1 is 0.338 bits per heavy atom. The van der Waals surface area contributed by atoms with Gasteiger partial charge in [0.05, 0.1) is 27.8 Å². The van der Waals surface area contributed by atoms with Crippen LogP contribution in [0.4, 0.5) is 0 Å². The third-order valence-electron chi connectivity index (χ3n) is 14.1. The summed E-state index contributed by atoms with van der Waals surface area (Å²) < 4.78 is 4.89. The van der Waals surface area contributed by atoms with Gasteiger partial charge in [0, 0.05) is 55.0 Å². The average Bonchev–Trinajstić information content (AvgIpc) is 4.00. The number of para-hydroxylation sites is 3. The molecular formula is C69H47N5. The maximum atomic E-state index is 5.46. The maximum Gasteiger partial charge on any atom is 0.164 e. The number of fused-ring (bicyclic) bond motifs is 6. The van der Waals surface area contributed by atoms with Crippen LogP contribution >= 0.6 is 0 Å². The molecule has 74 heavy (non-hydrogen) atoms. The minimum absolute atomic E-state index is 0.558. The summed E-state index contributed by atoms with van der Waals surface area (Å²) in [7, 11) is 0. The lowest BCUT2D eigenvalue weighted by molar-refractivity contribution is 1.07. The van der Waals surface area contributed by atoms with E-state index in [0.717, 1.165) is 89.1 Å². The van der Waals surface area contributed by atoms with Crippen LogP contribution in [0.1, 0.15) is 5.56 Å². The summed E-state index contributed by atoms with van der Waals surface area (Å²) in [6.45, 7) is 8.18. The van der Waals surface area contributed by atoms with Crippen LogP contribution in [0.15, 0.2) is 274 Å². The molecule has 0 spiro atoms. The Morgan fingerprint density at radius 2 is 0.757 bits per heavy atom. The second kappa shape index (κ2) is 18.7. The molecule has 0 radical (unpaired) electrons. The van der Waals surface area contributed by atoms with E-state index in [1.807, 2.05) is 36.4 Å². The molecule has 3 heterocycles. The Balaban J connectivity index is 1.12. The van der Waals surface area contributed by atoms with Crippen LogP contribution in [-0.4, -0.2) is 24.1 Å². The van der Waals surface area contributed by atoms with E-state index in [2.05, 4.69) is 241 Å². The summed E-state index contributed by atoms with van der Waals surface area (Å²) in [6, 6.07) is 86.2. The van der Waals surface area contributed by atoms with Crippen LogP contribution in [0.2, 0.25) is 0 Å². The zero-order valence-corrected chi connectivity index (χ0v) is 40.5. The standard InChI is InChI=1S/C69H47N5/c1-3-24-46(4-2)51-39-52(47-25-10-5-11-26-47)41-53(40-51)68-70-67(50-31-16-8-17-32-50)71-69(72-68)54-42-58(48-27-12-6-13-28-48)66(59(43-54)49-29-14-7-15-30-49)74-63-38-23-21-36-57(63)61-44-64-60(45-65(61)74)56-35-20-22-37-62(56)73(64)55-33-18-9-19-34-55/h3-45H,1-2H2/b46-24+. The molecule has 3 aromatic heterocycles. The smallest absolute Gasteiger partial charge is 0.164 e. The largest absolute Gasteiger partial charge is 0.309 e. The summed E-state index contributed by atoms with van der Waals surface area (Å²) in [5, 5.41) is 4.73. The van der Waals surface area contributed by atoms with E-state index in [0.29, 0.717) is 17.5 Å². The Bertz CT molecular complexity index is 4240. The Morgan fingerprint density at radius 3 is 1.28 bits per heavy atom. The van der Waals surface area contributed by atoms with Crippen LogP contribution in [0.3, 0.4) is 0 Å². The van der Waals surface area contributed by atoms with Crippen molar-refractivity contribution in [3.63, 3.8) is 0 Å². The van der Waals surface area contributed by atoms with E-state index in [1.165, 1.54) is 27.1 Å². The van der Waals surface area contributed by atoms with Gasteiger partial charge in [0.2, 0.25) is 0 Å². The minimum atomic E-state index is 0.558. The summed E-state index contributed by atoms with van der Waals surface area (Å²) in [6.07, 6.45) is 5.64. The number of allylic oxidation sites excluding steroid dienone is 4. The molecule has 5 nitrogen and oxygen atoms in total. The van der Waals surface area contributed by atoms with Crippen LogP contribution in [0.25, 0.3) is 128 Å². The first-order chi connectivity index (χ1) is 36.6. The molecule has 0 aliphatic heterocycles. The molecule has 0 saturated heterocycles. The fourth-order valence-electron chi connectivity index (χ4n) is 10.7. The molecule has 0 saturated carbocycles. The number of nitrogens with zero attached hydrogens (tertiary/aromatic N) is 5. The van der Waals surface area contributed by atoms with Crippen LogP contribution in [-0.2, 0) is 0 Å². The zero-order chi connectivity index (χ0) is 49.5. The first-order valence-electron chi connectivity index (χ1n) is 24.9. The highest BCUT2D eigenvalue weighted by molar-refractivity contribution is 6.19. The third kappa shape index (κ3) is 7.72. The molecule has 0 unspecified atom stereocenters. The molecule has 0 atom stereocenters. The molecule has 0 aliphatic rings. The Labute approximate surface area is 429 Å². The fourth-order valence-corrected chi connectivity index (χ4v) is 10.7. The van der Waals surface area contributed by atoms with Crippen LogP contribution < -0.4 is 0 Å². The van der Waals surface area contributed by atoms with Gasteiger partial charge in [0.1, 0.15) is 0 Å². The molecule has 0 N–H and O–H groups in total. The minimum Gasteiger partial charge on any atom is -0.309 e. The lowest BCUT2D eigenvalue weighted by atomic mass is 9.92. The number of benzene rings is 10. The molecule has 0 bridgehead atoms. The van der Waals surface area contributed by atoms with Gasteiger partial charge in [0.25, 0.3) is 0 Å². The Kier molecular flexibility index (Phi) is 11.1. The van der Waals surface area contributed by atoms with Crippen molar-refractivity contribution in [2.24, 2.45) is 0 Å². The van der Waals surface area contributed by atoms with E-state index in [1.54, 1.807) is 6.08 Å². The summed E-state index contributed by atoms with van der Waals surface area (Å²) in [4.78, 5) is 16.1. The Hall–Kier alpha value is -9.97. The van der Waals surface area contributed by atoms with E-state index < -0.39 is 0 Å². The van der Waals surface area contributed by atoms with Crippen molar-refractivity contribution >= 4 is 49.2 Å². The number of rotatable bonds is 11. The van der Waals surface area contributed by atoms with E-state index in [9.17, 15) is 0 Å². The van der Waals surface area contributed by atoms with Gasteiger partial charge in [-0.25, -0.2) is 15.0 Å². The maximum absolute atomic E-state index is 5.46. The molecular weight excluding hydrogens is 899 g/mol. The molecule has 10 aromatic carbocycles. The normalized spacial score (nSPS) is 11.7. The van der Waals surface area contributed by atoms with Crippen molar-refractivity contribution in [1.29, 1.82) is 0 Å². The molecule has 0 fully saturated rings. The van der Waals surface area contributed by atoms with Crippen LogP contribution in [0, 0.1) is 0 Å². The molecule has 13 rings (SSSR count). The number of hydrogen-bond donors (Lipinski definition) is 0. The fraction of sp³-hybridized carbons (Fsp3) is 0. The first-order valence-corrected chi connectivity index (χ1v) is 24.9. The summed E-state index contributed by atoms with van der Waals surface area (Å²) in [5.74, 6) is 1.70. The van der Waals surface area contributed by atoms with Crippen molar-refractivity contribution < 1.29 is 0 Å². The van der Waals surface area contributed by atoms with Gasteiger partial charge < -0.3 is 9.13 Å². The van der Waals surface area contributed by atoms with E-state index in [4.69, 9.17) is 15.0 Å². The molecule has 5 heteroatoms. The highest BCUT2D eigenvalue weighted by Crippen LogP contribution is 2.46. The third-order valence-corrected chi connectivity index (χ3v) is 14.1. The second-order valence-electron chi connectivity index (χ2n) is 18.5. The highest BCUT2D eigenvalue weighted by Gasteiger charge is 2.25. The molecule has 348 valence electrons. The predicted molar refractivity (Wildman–Crippen MR) is 309 cm³/mol. The quantitative estimate of drug-likeness (QED) is 0.121. The van der Waals surface area contributed by atoms with Gasteiger partial charge in [0.15, 0.2) is 17.5 Å². The lowest BCUT2D eigenvalue weighted by Gasteiger charge is -2.21. The summed E-state index contributed by atoms with van der Waals surface area (Å²) in [5.41, 5.74) is 17.6. The topological polar surface area (TPSA) is 48.5 Å². The van der Waals surface area contributed by atoms with E-state index in [-0.39, 0.29) is 0 Å². The van der Waals surface area contributed by atoms with Gasteiger partial charge >= 0.3 is 0 Å². The zero-order valence-electron chi connectivity index (χ0n) is 40.5. The van der Waals surface area contributed by atoms with E-state index >= 15 is 0 Å². The van der Waals surface area contributed by atoms with Crippen molar-refractivity contribution in [3.05, 3.63) is 280 Å². The van der Waals surface area contributed by atoms with Gasteiger partial charge in [-0.1, -0.05) is 207 Å². The number of aromatic nitrogens is 5. The first kappa shape index (κ1) is 44.0. The van der Waals surface area contributed by atoms with Crippen molar-refractivity contribution in [1.82, 2.24) is 24.1 Å². The lowest BCUT2D eigenvalue weighted by Crippen LogP contribution is -2.04. The van der Waals surface area contributed by atoms with Gasteiger partial charge in [-0.15, -0.1) is 0 Å². The van der Waals surface area contributed by atoms with Gasteiger partial charge in [-0.05, 0) is 100 Å². The summed E-state index contributed by atoms with van der Waals surface area (Å²) >= 11 is 0. The van der Waals surface area contributed by atoms with Crippen molar-refractivity contribution in [2.75, 3.05) is 0 Å². The average molecular weight is 946 g/mol. The van der Waals surface area contributed by atoms with Crippen molar-refractivity contribution in [3.8, 4) is 78.9 Å². The monoisotopic (exact) mass is 945 g/mol. The van der Waals surface area contributed by atoms with Crippen LogP contribution in [0.5, 0.6) is 0 Å². The number of hydrogen-bond acceptors (Lipinski definition) is 3. The van der Waals surface area contributed by atoms with Crippen molar-refractivity contribution in [2.45, 2.75) is 0 Å². The molecule has 13 aromatic rings.